The van der Waals surface area contributed by atoms with Crippen molar-refractivity contribution in [2.75, 3.05) is 26.9 Å². The summed E-state index contributed by atoms with van der Waals surface area (Å²) in [7, 11) is 1.21. The van der Waals surface area contributed by atoms with Crippen LogP contribution in [0.25, 0.3) is 0 Å². The molecule has 4 saturated heterocycles. The van der Waals surface area contributed by atoms with Gasteiger partial charge in [0.1, 0.15) is 72.2 Å². The van der Waals surface area contributed by atoms with Crippen molar-refractivity contribution in [3.63, 3.8) is 0 Å². The Morgan fingerprint density at radius 2 is 1.22 bits per heavy atom. The molecule has 36 heavy (non-hydrogen) atoms. The fourth-order valence-corrected chi connectivity index (χ4v) is 5.03. The van der Waals surface area contributed by atoms with Crippen LogP contribution in [0.1, 0.15) is 6.42 Å². The minimum absolute atomic E-state index is 0.229. The molecule has 0 spiro atoms. The van der Waals surface area contributed by atoms with Crippen LogP contribution in [0.5, 0.6) is 0 Å². The van der Waals surface area contributed by atoms with Gasteiger partial charge in [-0.1, -0.05) is 0 Å². The van der Waals surface area contributed by atoms with E-state index in [0.29, 0.717) is 0 Å². The lowest BCUT2D eigenvalue weighted by Crippen LogP contribution is -2.83. The SMILES string of the molecule is CO[C@H]1O[C@H](CO[C@H]2O[C@H](CO[C@H]3O[C@@]4(CO)C[C@](O)([C@@H]4O)[C@H]3O)[C@@H](O)[C@H](O)[C@H]2O)[C@@H](O)[C@H](O)[C@H]1O. The maximum atomic E-state index is 10.4. The van der Waals surface area contributed by atoms with Gasteiger partial charge in [0.05, 0.1) is 19.8 Å². The zero-order valence-electron chi connectivity index (χ0n) is 19.3. The molecule has 4 heterocycles. The Labute approximate surface area is 204 Å². The monoisotopic (exact) mass is 530 g/mol. The quantitative estimate of drug-likeness (QED) is 0.140. The van der Waals surface area contributed by atoms with Crippen LogP contribution in [-0.2, 0) is 28.4 Å². The topological polar surface area (TPSA) is 258 Å². The highest BCUT2D eigenvalue weighted by molar-refractivity contribution is 5.21. The van der Waals surface area contributed by atoms with Crippen molar-refractivity contribution in [2.45, 2.75) is 97.5 Å². The Bertz CT molecular complexity index is 753. The molecular formula is C20H34O16. The van der Waals surface area contributed by atoms with Crippen LogP contribution in [-0.4, -0.2) is 169 Å². The zero-order chi connectivity index (χ0) is 26.6. The third kappa shape index (κ3) is 4.58. The van der Waals surface area contributed by atoms with Crippen molar-refractivity contribution in [3.05, 3.63) is 0 Å². The van der Waals surface area contributed by atoms with Gasteiger partial charge in [0.25, 0.3) is 0 Å². The summed E-state index contributed by atoms with van der Waals surface area (Å²) in [5.41, 5.74) is -3.51. The first-order chi connectivity index (χ1) is 16.9. The summed E-state index contributed by atoms with van der Waals surface area (Å²) in [6, 6.07) is 0. The predicted octanol–water partition coefficient (Wildman–Crippen LogP) is -6.77. The highest BCUT2D eigenvalue weighted by Crippen LogP contribution is 2.52. The van der Waals surface area contributed by atoms with Gasteiger partial charge in [0, 0.05) is 13.5 Å². The normalized spacial score (nSPS) is 55.2. The molecule has 0 aromatic rings. The van der Waals surface area contributed by atoms with Gasteiger partial charge in [0.2, 0.25) is 0 Å². The molecule has 16 nitrogen and oxygen atoms in total. The number of aliphatic hydroxyl groups excluding tert-OH is 9. The molecule has 10 N–H and O–H groups in total. The molecule has 210 valence electrons. The Kier molecular flexibility index (Phi) is 8.27. The molecule has 4 aliphatic heterocycles. The smallest absolute Gasteiger partial charge is 0.187 e. The number of hydrogen-bond acceptors (Lipinski definition) is 16. The van der Waals surface area contributed by atoms with E-state index in [9.17, 15) is 51.1 Å². The van der Waals surface area contributed by atoms with Gasteiger partial charge >= 0.3 is 0 Å². The lowest BCUT2D eigenvalue weighted by atomic mass is 9.59. The van der Waals surface area contributed by atoms with Crippen molar-refractivity contribution in [3.8, 4) is 0 Å². The first kappa shape index (κ1) is 28.4. The second-order valence-corrected chi connectivity index (χ2v) is 9.66. The molecule has 5 fully saturated rings. The van der Waals surface area contributed by atoms with Gasteiger partial charge in [-0.25, -0.2) is 0 Å². The zero-order valence-corrected chi connectivity index (χ0v) is 19.3. The highest BCUT2D eigenvalue weighted by Gasteiger charge is 2.73. The van der Waals surface area contributed by atoms with Crippen LogP contribution in [0.3, 0.4) is 0 Å². The largest absolute Gasteiger partial charge is 0.393 e. The molecule has 5 aliphatic rings. The fourth-order valence-electron chi connectivity index (χ4n) is 5.03. The summed E-state index contributed by atoms with van der Waals surface area (Å²) in [5, 5.41) is 101. The minimum atomic E-state index is -1.97. The molecular weight excluding hydrogens is 496 g/mol. The van der Waals surface area contributed by atoms with Crippen LogP contribution in [0.2, 0.25) is 0 Å². The lowest BCUT2D eigenvalue weighted by Gasteiger charge is -2.63. The Balaban J connectivity index is 1.35. The van der Waals surface area contributed by atoms with Gasteiger partial charge in [0.15, 0.2) is 18.9 Å². The van der Waals surface area contributed by atoms with Crippen molar-refractivity contribution < 1.29 is 79.5 Å². The highest BCUT2D eigenvalue weighted by atomic mass is 16.7. The molecule has 16 heteroatoms. The third-order valence-corrected chi connectivity index (χ3v) is 7.36. The van der Waals surface area contributed by atoms with Crippen molar-refractivity contribution in [1.82, 2.24) is 0 Å². The molecule has 0 unspecified atom stereocenters. The second-order valence-electron chi connectivity index (χ2n) is 9.66. The van der Waals surface area contributed by atoms with Crippen LogP contribution in [0.4, 0.5) is 0 Å². The van der Waals surface area contributed by atoms with Gasteiger partial charge in [-0.3, -0.25) is 0 Å². The average Bonchev–Trinajstić information content (AvgIpc) is 2.87. The van der Waals surface area contributed by atoms with Gasteiger partial charge < -0.3 is 79.5 Å². The Morgan fingerprint density at radius 3 is 1.72 bits per heavy atom. The summed E-state index contributed by atoms with van der Waals surface area (Å²) >= 11 is 0. The van der Waals surface area contributed by atoms with E-state index in [2.05, 4.69) is 0 Å². The molecule has 0 radical (unpaired) electrons. The summed E-state index contributed by atoms with van der Waals surface area (Å²) in [4.78, 5) is 0. The molecule has 2 bridgehead atoms. The van der Waals surface area contributed by atoms with E-state index in [1.54, 1.807) is 0 Å². The average molecular weight is 530 g/mol. The molecule has 0 aromatic heterocycles. The number of rotatable bonds is 8. The van der Waals surface area contributed by atoms with E-state index >= 15 is 0 Å². The summed E-state index contributed by atoms with van der Waals surface area (Å²) < 4.78 is 32.0. The van der Waals surface area contributed by atoms with Crippen molar-refractivity contribution >= 4 is 0 Å². The number of fused-ring (bicyclic) bond motifs is 2. The molecule has 5 rings (SSSR count). The fraction of sp³-hybridized carbons (Fsp3) is 1.00. The third-order valence-electron chi connectivity index (χ3n) is 7.36. The van der Waals surface area contributed by atoms with Gasteiger partial charge in [-0.15, -0.1) is 0 Å². The van der Waals surface area contributed by atoms with Crippen LogP contribution < -0.4 is 0 Å². The summed E-state index contributed by atoms with van der Waals surface area (Å²) in [5.74, 6) is 0. The van der Waals surface area contributed by atoms with E-state index < -0.39 is 111 Å². The lowest BCUT2D eigenvalue weighted by molar-refractivity contribution is -0.432. The standard InChI is InChI=1S/C20H34O16/c1-31-15-12(26)10(24)8(22)6(34-15)2-32-16-13(27)11(25)9(23)7(35-16)3-33-17-14(28)20(30)4-19(5-21,36-17)18(20)29/h6-18,21-30H,2-5H2,1H3/t6-,7-,8-,9-,10+,11+,12-,13-,14+,15+,16+,17+,18-,19-,20-/m1/s1. The number of ether oxygens (including phenoxy) is 6. The number of aliphatic hydroxyl groups is 10. The van der Waals surface area contributed by atoms with E-state index in [1.165, 1.54) is 7.11 Å². The minimum Gasteiger partial charge on any atom is -0.393 e. The molecule has 1 aliphatic carbocycles. The number of hydrogen-bond donors (Lipinski definition) is 10. The van der Waals surface area contributed by atoms with Gasteiger partial charge in [-0.05, 0) is 0 Å². The van der Waals surface area contributed by atoms with E-state index in [-0.39, 0.29) is 6.42 Å². The van der Waals surface area contributed by atoms with E-state index in [4.69, 9.17) is 28.4 Å². The molecule has 1 saturated carbocycles. The van der Waals surface area contributed by atoms with Gasteiger partial charge in [-0.2, -0.15) is 0 Å². The molecule has 15 atom stereocenters. The Hall–Kier alpha value is -0.640. The van der Waals surface area contributed by atoms with E-state index in [0.717, 1.165) is 0 Å². The van der Waals surface area contributed by atoms with Crippen LogP contribution >= 0.6 is 0 Å². The van der Waals surface area contributed by atoms with Crippen molar-refractivity contribution in [1.29, 1.82) is 0 Å². The first-order valence-electron chi connectivity index (χ1n) is 11.4. The molecule has 0 aromatic carbocycles. The van der Waals surface area contributed by atoms with Crippen molar-refractivity contribution in [2.24, 2.45) is 0 Å². The van der Waals surface area contributed by atoms with Crippen LogP contribution in [0.15, 0.2) is 0 Å². The summed E-state index contributed by atoms with van der Waals surface area (Å²) in [6.45, 7) is -1.69. The maximum Gasteiger partial charge on any atom is 0.187 e. The summed E-state index contributed by atoms with van der Waals surface area (Å²) in [6.07, 6.45) is -20.3. The van der Waals surface area contributed by atoms with Crippen LogP contribution in [0, 0.1) is 0 Å². The predicted molar refractivity (Wildman–Crippen MR) is 109 cm³/mol. The maximum absolute atomic E-state index is 10.4. The second kappa shape index (κ2) is 10.5. The van der Waals surface area contributed by atoms with E-state index in [1.807, 2.05) is 0 Å². The number of methoxy groups -OCH3 is 1. The first-order valence-corrected chi connectivity index (χ1v) is 11.4. The Morgan fingerprint density at radius 1 is 0.722 bits per heavy atom. The molecule has 0 amide bonds.